The van der Waals surface area contributed by atoms with Gasteiger partial charge in [-0.05, 0) is 31.2 Å². The Balaban J connectivity index is 2.21. The van der Waals surface area contributed by atoms with E-state index in [-0.39, 0.29) is 12.1 Å². The number of alkyl halides is 3. The SMILES string of the molecule is CCNC(=O)NC(=O)[C@H](OC(=O)c1ccc(C(F)(F)F)cc1)c1ccccc1. The Hall–Kier alpha value is -3.36. The molecule has 0 heterocycles. The van der Waals surface area contributed by atoms with Crippen molar-refractivity contribution in [3.8, 4) is 0 Å². The Bertz CT molecular complexity index is 837. The highest BCUT2D eigenvalue weighted by Gasteiger charge is 2.31. The van der Waals surface area contributed by atoms with Gasteiger partial charge in [0.1, 0.15) is 0 Å². The second-order valence-corrected chi connectivity index (χ2v) is 5.62. The molecule has 0 aliphatic heterocycles. The molecule has 0 bridgehead atoms. The van der Waals surface area contributed by atoms with Crippen LogP contribution in [0.3, 0.4) is 0 Å². The van der Waals surface area contributed by atoms with Crippen LogP contribution >= 0.6 is 0 Å². The Morgan fingerprint density at radius 3 is 2.14 bits per heavy atom. The summed E-state index contributed by atoms with van der Waals surface area (Å²) in [7, 11) is 0. The smallest absolute Gasteiger partial charge is 0.416 e. The van der Waals surface area contributed by atoms with Crippen molar-refractivity contribution in [1.82, 2.24) is 10.6 Å². The summed E-state index contributed by atoms with van der Waals surface area (Å²) in [6.07, 6.45) is -6.00. The van der Waals surface area contributed by atoms with E-state index in [9.17, 15) is 27.6 Å². The molecule has 6 nitrogen and oxygen atoms in total. The molecule has 0 saturated heterocycles. The minimum absolute atomic E-state index is 0.167. The van der Waals surface area contributed by atoms with Gasteiger partial charge in [-0.3, -0.25) is 10.1 Å². The third-order valence-corrected chi connectivity index (χ3v) is 3.59. The first kappa shape index (κ1) is 20.9. The second kappa shape index (κ2) is 9.03. The molecule has 0 fully saturated rings. The van der Waals surface area contributed by atoms with Crippen molar-refractivity contribution in [3.05, 3.63) is 71.3 Å². The van der Waals surface area contributed by atoms with Crippen molar-refractivity contribution >= 4 is 17.9 Å². The number of carbonyl (C=O) groups is 3. The molecule has 28 heavy (non-hydrogen) atoms. The molecule has 0 aliphatic rings. The first-order valence-electron chi connectivity index (χ1n) is 8.24. The molecule has 0 saturated carbocycles. The molecular formula is C19H17F3N2O4. The van der Waals surface area contributed by atoms with Crippen LogP contribution in [-0.4, -0.2) is 24.5 Å². The fraction of sp³-hybridized carbons (Fsp3) is 0.211. The number of imide groups is 1. The van der Waals surface area contributed by atoms with E-state index in [1.807, 2.05) is 0 Å². The fourth-order valence-electron chi connectivity index (χ4n) is 2.25. The van der Waals surface area contributed by atoms with Gasteiger partial charge in [-0.25, -0.2) is 9.59 Å². The summed E-state index contributed by atoms with van der Waals surface area (Å²) in [5.41, 5.74) is -0.790. The lowest BCUT2D eigenvalue weighted by Crippen LogP contribution is -2.42. The lowest BCUT2D eigenvalue weighted by molar-refractivity contribution is -0.137. The average Bonchev–Trinajstić information content (AvgIpc) is 2.66. The van der Waals surface area contributed by atoms with E-state index in [4.69, 9.17) is 4.74 Å². The first-order valence-corrected chi connectivity index (χ1v) is 8.24. The summed E-state index contributed by atoms with van der Waals surface area (Å²) in [4.78, 5) is 36.3. The number of urea groups is 1. The summed E-state index contributed by atoms with van der Waals surface area (Å²) in [6, 6.07) is 10.5. The molecular weight excluding hydrogens is 377 g/mol. The van der Waals surface area contributed by atoms with Crippen molar-refractivity contribution in [2.45, 2.75) is 19.2 Å². The van der Waals surface area contributed by atoms with Gasteiger partial charge >= 0.3 is 18.2 Å². The number of esters is 1. The molecule has 0 radical (unpaired) electrons. The minimum atomic E-state index is -4.54. The molecule has 9 heteroatoms. The maximum Gasteiger partial charge on any atom is 0.416 e. The third kappa shape index (κ3) is 5.57. The molecule has 148 valence electrons. The van der Waals surface area contributed by atoms with Crippen LogP contribution in [0.4, 0.5) is 18.0 Å². The van der Waals surface area contributed by atoms with Gasteiger partial charge in [0.25, 0.3) is 5.91 Å². The van der Waals surface area contributed by atoms with E-state index in [0.29, 0.717) is 5.56 Å². The van der Waals surface area contributed by atoms with Gasteiger partial charge in [-0.2, -0.15) is 13.2 Å². The molecule has 0 aliphatic carbocycles. The average molecular weight is 394 g/mol. The van der Waals surface area contributed by atoms with Crippen molar-refractivity contribution in [2.75, 3.05) is 6.54 Å². The number of amides is 3. The van der Waals surface area contributed by atoms with Crippen molar-refractivity contribution in [2.24, 2.45) is 0 Å². The number of nitrogens with one attached hydrogen (secondary N) is 2. The Morgan fingerprint density at radius 1 is 1.00 bits per heavy atom. The molecule has 2 aromatic rings. The topological polar surface area (TPSA) is 84.5 Å². The van der Waals surface area contributed by atoms with Gasteiger partial charge in [0.05, 0.1) is 11.1 Å². The number of rotatable bonds is 5. The van der Waals surface area contributed by atoms with Crippen LogP contribution in [0.2, 0.25) is 0 Å². The number of halogens is 3. The molecule has 1 atom stereocenters. The number of hydrogen-bond acceptors (Lipinski definition) is 4. The van der Waals surface area contributed by atoms with Gasteiger partial charge in [0.2, 0.25) is 6.10 Å². The third-order valence-electron chi connectivity index (χ3n) is 3.59. The Morgan fingerprint density at radius 2 is 1.61 bits per heavy atom. The van der Waals surface area contributed by atoms with Gasteiger partial charge in [0.15, 0.2) is 0 Å². The number of carbonyl (C=O) groups excluding carboxylic acids is 3. The summed E-state index contributed by atoms with van der Waals surface area (Å²) in [6.45, 7) is 1.93. The van der Waals surface area contributed by atoms with E-state index < -0.39 is 35.8 Å². The standard InChI is InChI=1S/C19H17F3N2O4/c1-2-23-18(27)24-16(25)15(12-6-4-3-5-7-12)28-17(26)13-8-10-14(11-9-13)19(20,21)22/h3-11,15H,2H2,1H3,(H2,23,24,25,27)/t15-/m1/s1. The van der Waals surface area contributed by atoms with E-state index in [1.54, 1.807) is 25.1 Å². The zero-order valence-electron chi connectivity index (χ0n) is 14.7. The maximum atomic E-state index is 12.6. The van der Waals surface area contributed by atoms with E-state index >= 15 is 0 Å². The minimum Gasteiger partial charge on any atom is -0.444 e. The maximum absolute atomic E-state index is 12.6. The molecule has 0 aromatic heterocycles. The number of hydrogen-bond donors (Lipinski definition) is 2. The first-order chi connectivity index (χ1) is 13.2. The molecule has 3 amide bonds. The van der Waals surface area contributed by atoms with Crippen LogP contribution in [0, 0.1) is 0 Å². The van der Waals surface area contributed by atoms with E-state index in [0.717, 1.165) is 24.3 Å². The van der Waals surface area contributed by atoms with Crippen molar-refractivity contribution < 1.29 is 32.3 Å². The fourth-order valence-corrected chi connectivity index (χ4v) is 2.25. The molecule has 2 aromatic carbocycles. The van der Waals surface area contributed by atoms with Crippen LogP contribution in [0.25, 0.3) is 0 Å². The molecule has 0 unspecified atom stereocenters. The second-order valence-electron chi connectivity index (χ2n) is 5.62. The van der Waals surface area contributed by atoms with Crippen LogP contribution in [0.5, 0.6) is 0 Å². The zero-order valence-corrected chi connectivity index (χ0v) is 14.7. The lowest BCUT2D eigenvalue weighted by atomic mass is 10.1. The molecule has 2 rings (SSSR count). The van der Waals surface area contributed by atoms with Crippen LogP contribution in [0.1, 0.15) is 34.5 Å². The van der Waals surface area contributed by atoms with Crippen molar-refractivity contribution in [3.63, 3.8) is 0 Å². The van der Waals surface area contributed by atoms with Gasteiger partial charge in [-0.15, -0.1) is 0 Å². The largest absolute Gasteiger partial charge is 0.444 e. The quantitative estimate of drug-likeness (QED) is 0.761. The summed E-state index contributed by atoms with van der Waals surface area (Å²) in [5, 5.41) is 4.42. The summed E-state index contributed by atoms with van der Waals surface area (Å²) in [5.74, 6) is -1.90. The normalized spacial score (nSPS) is 12.0. The Kier molecular flexibility index (Phi) is 6.75. The predicted molar refractivity (Wildman–Crippen MR) is 93.3 cm³/mol. The van der Waals surface area contributed by atoms with Crippen molar-refractivity contribution in [1.29, 1.82) is 0 Å². The van der Waals surface area contributed by atoms with Crippen LogP contribution in [0.15, 0.2) is 54.6 Å². The highest BCUT2D eigenvalue weighted by molar-refractivity contribution is 5.99. The summed E-state index contributed by atoms with van der Waals surface area (Å²) >= 11 is 0. The highest BCUT2D eigenvalue weighted by Crippen LogP contribution is 2.29. The monoisotopic (exact) mass is 394 g/mol. The number of benzene rings is 2. The van der Waals surface area contributed by atoms with E-state index in [2.05, 4.69) is 10.6 Å². The van der Waals surface area contributed by atoms with Crippen LogP contribution < -0.4 is 10.6 Å². The molecule has 0 spiro atoms. The highest BCUT2D eigenvalue weighted by atomic mass is 19.4. The zero-order chi connectivity index (χ0) is 20.7. The summed E-state index contributed by atoms with van der Waals surface area (Å²) < 4.78 is 43.1. The predicted octanol–water partition coefficient (Wildman–Crippen LogP) is 3.45. The van der Waals surface area contributed by atoms with Gasteiger partial charge < -0.3 is 10.1 Å². The Labute approximate surface area is 158 Å². The lowest BCUT2D eigenvalue weighted by Gasteiger charge is -2.18. The van der Waals surface area contributed by atoms with Gasteiger partial charge in [0, 0.05) is 12.1 Å². The molecule has 2 N–H and O–H groups in total. The van der Waals surface area contributed by atoms with Crippen LogP contribution in [-0.2, 0) is 15.7 Å². The van der Waals surface area contributed by atoms with E-state index in [1.165, 1.54) is 12.1 Å². The number of ether oxygens (including phenoxy) is 1. The van der Waals surface area contributed by atoms with Gasteiger partial charge in [-0.1, -0.05) is 30.3 Å².